The van der Waals surface area contributed by atoms with Gasteiger partial charge in [0.05, 0.1) is 0 Å². The molecule has 1 rings (SSSR count). The fourth-order valence-electron chi connectivity index (χ4n) is 2.91. The largest absolute Gasteiger partial charge is 0.329 e. The summed E-state index contributed by atoms with van der Waals surface area (Å²) in [6.07, 6.45) is 2.42. The van der Waals surface area contributed by atoms with E-state index in [0.29, 0.717) is 5.41 Å². The SMILES string of the molecule is CCN1CCC(CN)(N(C)CC(C)(C)C)CC1. The third-order valence-corrected chi connectivity index (χ3v) is 4.14. The van der Waals surface area contributed by atoms with Crippen LogP contribution in [-0.2, 0) is 0 Å². The van der Waals surface area contributed by atoms with E-state index in [4.69, 9.17) is 5.73 Å². The van der Waals surface area contributed by atoms with Crippen LogP contribution in [0.5, 0.6) is 0 Å². The van der Waals surface area contributed by atoms with Crippen molar-refractivity contribution in [3.8, 4) is 0 Å². The summed E-state index contributed by atoms with van der Waals surface area (Å²) in [5.41, 5.74) is 6.67. The van der Waals surface area contributed by atoms with Crippen molar-refractivity contribution in [1.82, 2.24) is 9.80 Å². The number of likely N-dealkylation sites (tertiary alicyclic amines) is 1. The molecule has 0 spiro atoms. The number of nitrogens with zero attached hydrogens (tertiary/aromatic N) is 2. The van der Waals surface area contributed by atoms with E-state index < -0.39 is 0 Å². The summed E-state index contributed by atoms with van der Waals surface area (Å²) in [6, 6.07) is 0. The lowest BCUT2D eigenvalue weighted by Gasteiger charge is -2.48. The molecule has 1 heterocycles. The fraction of sp³-hybridized carbons (Fsp3) is 1.00. The number of piperidine rings is 1. The minimum atomic E-state index is 0.235. The van der Waals surface area contributed by atoms with Crippen LogP contribution in [0.15, 0.2) is 0 Å². The first-order valence-corrected chi connectivity index (χ1v) is 6.97. The van der Waals surface area contributed by atoms with Crippen LogP contribution in [0.25, 0.3) is 0 Å². The van der Waals surface area contributed by atoms with Crippen LogP contribution in [0, 0.1) is 5.41 Å². The van der Waals surface area contributed by atoms with E-state index in [1.807, 2.05) is 0 Å². The summed E-state index contributed by atoms with van der Waals surface area (Å²) < 4.78 is 0. The minimum absolute atomic E-state index is 0.235. The lowest BCUT2D eigenvalue weighted by molar-refractivity contribution is 0.0268. The second-order valence-corrected chi connectivity index (χ2v) is 6.78. The molecule has 0 aromatic heterocycles. The summed E-state index contributed by atoms with van der Waals surface area (Å²) in [6.45, 7) is 14.6. The molecule has 0 radical (unpaired) electrons. The van der Waals surface area contributed by atoms with Gasteiger partial charge >= 0.3 is 0 Å². The minimum Gasteiger partial charge on any atom is -0.329 e. The topological polar surface area (TPSA) is 32.5 Å². The maximum atomic E-state index is 6.08. The highest BCUT2D eigenvalue weighted by molar-refractivity contribution is 4.96. The molecule has 0 aromatic carbocycles. The lowest BCUT2D eigenvalue weighted by Crippen LogP contribution is -2.59. The molecule has 3 nitrogen and oxygen atoms in total. The molecular formula is C14H31N3. The standard InChI is InChI=1S/C14H31N3/c1-6-17-9-7-14(11-15,8-10-17)16(5)12-13(2,3)4/h6-12,15H2,1-5H3. The molecule has 2 N–H and O–H groups in total. The Morgan fingerprint density at radius 2 is 1.76 bits per heavy atom. The number of hydrogen-bond donors (Lipinski definition) is 1. The van der Waals surface area contributed by atoms with Gasteiger partial charge in [-0.05, 0) is 44.9 Å². The number of hydrogen-bond acceptors (Lipinski definition) is 3. The van der Waals surface area contributed by atoms with E-state index in [1.54, 1.807) is 0 Å². The molecule has 0 bridgehead atoms. The molecule has 0 amide bonds. The maximum absolute atomic E-state index is 6.08. The van der Waals surface area contributed by atoms with Crippen LogP contribution in [0.3, 0.4) is 0 Å². The molecule has 0 saturated carbocycles. The Morgan fingerprint density at radius 3 is 2.12 bits per heavy atom. The zero-order valence-corrected chi connectivity index (χ0v) is 12.4. The molecule has 3 heteroatoms. The van der Waals surface area contributed by atoms with Gasteiger partial charge < -0.3 is 10.6 Å². The molecule has 1 aliphatic rings. The molecule has 1 fully saturated rings. The predicted octanol–water partition coefficient (Wildman–Crippen LogP) is 1.78. The third kappa shape index (κ3) is 3.94. The second kappa shape index (κ2) is 5.68. The van der Waals surface area contributed by atoms with Gasteiger partial charge in [0.15, 0.2) is 0 Å². The molecule has 0 unspecified atom stereocenters. The van der Waals surface area contributed by atoms with Crippen molar-refractivity contribution < 1.29 is 0 Å². The molecular weight excluding hydrogens is 210 g/mol. The van der Waals surface area contributed by atoms with E-state index in [1.165, 1.54) is 32.5 Å². The van der Waals surface area contributed by atoms with Gasteiger partial charge in [0.25, 0.3) is 0 Å². The van der Waals surface area contributed by atoms with E-state index in [2.05, 4.69) is 44.5 Å². The van der Waals surface area contributed by atoms with Crippen LogP contribution < -0.4 is 5.73 Å². The molecule has 17 heavy (non-hydrogen) atoms. The van der Waals surface area contributed by atoms with Crippen molar-refractivity contribution >= 4 is 0 Å². The summed E-state index contributed by atoms with van der Waals surface area (Å²) in [7, 11) is 2.25. The number of likely N-dealkylation sites (N-methyl/N-ethyl adjacent to an activating group) is 1. The van der Waals surface area contributed by atoms with E-state index in [-0.39, 0.29) is 5.54 Å². The Balaban J connectivity index is 2.63. The summed E-state index contributed by atoms with van der Waals surface area (Å²) in [5.74, 6) is 0. The van der Waals surface area contributed by atoms with Crippen LogP contribution in [-0.4, -0.2) is 55.1 Å². The number of rotatable bonds is 4. The average Bonchev–Trinajstić information content (AvgIpc) is 2.27. The first-order chi connectivity index (χ1) is 7.83. The van der Waals surface area contributed by atoms with Gasteiger partial charge in [0.1, 0.15) is 0 Å². The van der Waals surface area contributed by atoms with Crippen molar-refractivity contribution in [3.63, 3.8) is 0 Å². The highest BCUT2D eigenvalue weighted by atomic mass is 15.2. The molecule has 102 valence electrons. The van der Waals surface area contributed by atoms with Crippen molar-refractivity contribution in [2.24, 2.45) is 11.1 Å². The lowest BCUT2D eigenvalue weighted by atomic mass is 9.83. The van der Waals surface area contributed by atoms with Crippen molar-refractivity contribution in [3.05, 3.63) is 0 Å². The van der Waals surface area contributed by atoms with Crippen LogP contribution in [0.1, 0.15) is 40.5 Å². The normalized spacial score (nSPS) is 22.1. The van der Waals surface area contributed by atoms with Gasteiger partial charge in [-0.15, -0.1) is 0 Å². The van der Waals surface area contributed by atoms with Gasteiger partial charge in [0, 0.05) is 18.6 Å². The van der Waals surface area contributed by atoms with Crippen molar-refractivity contribution in [2.75, 3.05) is 39.8 Å². The Morgan fingerprint density at radius 1 is 1.24 bits per heavy atom. The van der Waals surface area contributed by atoms with E-state index >= 15 is 0 Å². The maximum Gasteiger partial charge on any atom is 0.0353 e. The quantitative estimate of drug-likeness (QED) is 0.814. The van der Waals surface area contributed by atoms with Gasteiger partial charge in [-0.2, -0.15) is 0 Å². The first kappa shape index (κ1) is 14.9. The van der Waals surface area contributed by atoms with Gasteiger partial charge in [-0.3, -0.25) is 4.90 Å². The van der Waals surface area contributed by atoms with Crippen LogP contribution in [0.4, 0.5) is 0 Å². The second-order valence-electron chi connectivity index (χ2n) is 6.78. The Bertz CT molecular complexity index is 224. The van der Waals surface area contributed by atoms with Crippen LogP contribution >= 0.6 is 0 Å². The Kier molecular flexibility index (Phi) is 4.99. The van der Waals surface area contributed by atoms with Gasteiger partial charge in [-0.1, -0.05) is 27.7 Å². The average molecular weight is 241 g/mol. The van der Waals surface area contributed by atoms with E-state index in [9.17, 15) is 0 Å². The Labute approximate surface area is 107 Å². The van der Waals surface area contributed by atoms with Crippen molar-refractivity contribution in [2.45, 2.75) is 46.1 Å². The van der Waals surface area contributed by atoms with Crippen molar-refractivity contribution in [1.29, 1.82) is 0 Å². The molecule has 0 atom stereocenters. The molecule has 1 aliphatic heterocycles. The zero-order valence-electron chi connectivity index (χ0n) is 12.4. The molecule has 0 aromatic rings. The summed E-state index contributed by atoms with van der Waals surface area (Å²) in [5, 5.41) is 0. The molecule has 0 aliphatic carbocycles. The molecule has 1 saturated heterocycles. The van der Waals surface area contributed by atoms with E-state index in [0.717, 1.165) is 13.1 Å². The fourth-order valence-corrected chi connectivity index (χ4v) is 2.91. The first-order valence-electron chi connectivity index (χ1n) is 6.97. The monoisotopic (exact) mass is 241 g/mol. The number of nitrogens with two attached hydrogens (primary N) is 1. The van der Waals surface area contributed by atoms with Gasteiger partial charge in [0.2, 0.25) is 0 Å². The predicted molar refractivity (Wildman–Crippen MR) is 75.2 cm³/mol. The highest BCUT2D eigenvalue weighted by Crippen LogP contribution is 2.29. The summed E-state index contributed by atoms with van der Waals surface area (Å²) >= 11 is 0. The zero-order chi connectivity index (χ0) is 13.1. The smallest absolute Gasteiger partial charge is 0.0353 e. The highest BCUT2D eigenvalue weighted by Gasteiger charge is 2.37. The van der Waals surface area contributed by atoms with Gasteiger partial charge in [-0.25, -0.2) is 0 Å². The van der Waals surface area contributed by atoms with Crippen LogP contribution in [0.2, 0.25) is 0 Å². The summed E-state index contributed by atoms with van der Waals surface area (Å²) in [4.78, 5) is 5.04. The Hall–Kier alpha value is -0.120. The third-order valence-electron chi connectivity index (χ3n) is 4.14.